The van der Waals surface area contributed by atoms with E-state index in [2.05, 4.69) is 45.1 Å². The lowest BCUT2D eigenvalue weighted by Gasteiger charge is -2.57. The van der Waals surface area contributed by atoms with Gasteiger partial charge in [0.1, 0.15) is 0 Å². The van der Waals surface area contributed by atoms with Crippen LogP contribution in [0.3, 0.4) is 0 Å². The summed E-state index contributed by atoms with van der Waals surface area (Å²) in [5.74, 6) is 1.18. The highest BCUT2D eigenvalue weighted by atomic mass is 16.5. The molecule has 2 aromatic rings. The molecule has 4 heterocycles. The number of aromatic nitrogens is 1. The summed E-state index contributed by atoms with van der Waals surface area (Å²) >= 11 is 0. The summed E-state index contributed by atoms with van der Waals surface area (Å²) in [6, 6.07) is 13.8. The Balaban J connectivity index is 1.32. The van der Waals surface area contributed by atoms with Crippen molar-refractivity contribution in [2.24, 2.45) is 5.92 Å². The summed E-state index contributed by atoms with van der Waals surface area (Å²) in [5.41, 5.74) is 3.71. The summed E-state index contributed by atoms with van der Waals surface area (Å²) in [6.45, 7) is 6.72. The fourth-order valence-corrected chi connectivity index (χ4v) is 5.90. The van der Waals surface area contributed by atoms with E-state index in [4.69, 9.17) is 4.74 Å². The molecule has 5 heteroatoms. The van der Waals surface area contributed by atoms with E-state index in [9.17, 15) is 5.11 Å². The summed E-state index contributed by atoms with van der Waals surface area (Å²) in [6.07, 6.45) is 8.61. The van der Waals surface area contributed by atoms with Gasteiger partial charge in [0.15, 0.2) is 0 Å². The van der Waals surface area contributed by atoms with E-state index >= 15 is 0 Å². The van der Waals surface area contributed by atoms with Gasteiger partial charge in [-0.1, -0.05) is 30.3 Å². The molecule has 31 heavy (non-hydrogen) atoms. The van der Waals surface area contributed by atoms with E-state index in [1.165, 1.54) is 49.9 Å². The van der Waals surface area contributed by atoms with Crippen molar-refractivity contribution >= 4 is 0 Å². The normalized spacial score (nSPS) is 28.4. The minimum Gasteiger partial charge on any atom is -0.395 e. The Morgan fingerprint density at radius 2 is 1.81 bits per heavy atom. The summed E-state index contributed by atoms with van der Waals surface area (Å²) in [4.78, 5) is 9.53. The average molecular weight is 422 g/mol. The van der Waals surface area contributed by atoms with E-state index in [0.29, 0.717) is 12.0 Å². The Morgan fingerprint density at radius 3 is 2.55 bits per heavy atom. The van der Waals surface area contributed by atoms with Crippen LogP contribution in [0.25, 0.3) is 11.1 Å². The first-order valence-corrected chi connectivity index (χ1v) is 12.0. The lowest BCUT2D eigenvalue weighted by Crippen LogP contribution is -2.67. The van der Waals surface area contributed by atoms with Crippen LogP contribution in [0.5, 0.6) is 0 Å². The highest BCUT2D eigenvalue weighted by Crippen LogP contribution is 2.42. The number of hydrogen-bond donors (Lipinski definition) is 1. The zero-order chi connectivity index (χ0) is 21.0. The fraction of sp³-hybridized carbons (Fsp3) is 0.577. The molecular weight excluding hydrogens is 386 g/mol. The largest absolute Gasteiger partial charge is 0.395 e. The Kier molecular flexibility index (Phi) is 6.65. The van der Waals surface area contributed by atoms with Crippen molar-refractivity contribution in [3.05, 3.63) is 54.4 Å². The molecule has 0 saturated carbocycles. The maximum absolute atomic E-state index is 10.2. The summed E-state index contributed by atoms with van der Waals surface area (Å²) in [7, 11) is 0. The molecule has 1 aromatic carbocycles. The van der Waals surface area contributed by atoms with Crippen LogP contribution in [-0.2, 0) is 4.74 Å². The van der Waals surface area contributed by atoms with Crippen molar-refractivity contribution in [3.63, 3.8) is 0 Å². The minimum absolute atomic E-state index is 0.242. The third-order valence-corrected chi connectivity index (χ3v) is 7.60. The maximum Gasteiger partial charge on any atom is 0.0593 e. The number of ether oxygens (including phenoxy) is 1. The maximum atomic E-state index is 10.2. The molecule has 3 aliphatic rings. The van der Waals surface area contributed by atoms with Crippen LogP contribution in [0.15, 0.2) is 48.8 Å². The van der Waals surface area contributed by atoms with E-state index in [0.717, 1.165) is 37.8 Å². The van der Waals surface area contributed by atoms with Gasteiger partial charge in [-0.2, -0.15) is 0 Å². The fourth-order valence-electron chi connectivity index (χ4n) is 5.90. The van der Waals surface area contributed by atoms with Crippen LogP contribution in [0.1, 0.15) is 37.2 Å². The van der Waals surface area contributed by atoms with Gasteiger partial charge in [-0.3, -0.25) is 9.88 Å². The van der Waals surface area contributed by atoms with E-state index < -0.39 is 0 Å². The third kappa shape index (κ3) is 4.56. The number of aliphatic hydroxyl groups is 1. The predicted molar refractivity (Wildman–Crippen MR) is 123 cm³/mol. The molecule has 3 saturated heterocycles. The molecule has 0 aliphatic carbocycles. The number of rotatable bonds is 5. The van der Waals surface area contributed by atoms with Crippen molar-refractivity contribution in [2.75, 3.05) is 46.0 Å². The van der Waals surface area contributed by atoms with E-state index in [1.54, 1.807) is 0 Å². The second kappa shape index (κ2) is 9.78. The second-order valence-electron chi connectivity index (χ2n) is 9.47. The summed E-state index contributed by atoms with van der Waals surface area (Å²) < 4.78 is 5.57. The topological polar surface area (TPSA) is 48.8 Å². The molecule has 3 atom stereocenters. The third-order valence-electron chi connectivity index (χ3n) is 7.60. The molecule has 5 rings (SSSR count). The molecule has 3 aliphatic heterocycles. The van der Waals surface area contributed by atoms with Gasteiger partial charge in [-0.25, -0.2) is 0 Å². The first-order chi connectivity index (χ1) is 15.3. The van der Waals surface area contributed by atoms with Crippen molar-refractivity contribution in [1.29, 1.82) is 0 Å². The molecule has 166 valence electrons. The quantitative estimate of drug-likeness (QED) is 0.802. The molecule has 1 N–H and O–H groups in total. The highest BCUT2D eigenvalue weighted by Gasteiger charge is 2.49. The highest BCUT2D eigenvalue weighted by molar-refractivity contribution is 5.62. The Morgan fingerprint density at radius 1 is 1.00 bits per heavy atom. The molecule has 3 fully saturated rings. The molecule has 1 aromatic heterocycles. The van der Waals surface area contributed by atoms with Gasteiger partial charge in [-0.05, 0) is 67.4 Å². The zero-order valence-corrected chi connectivity index (χ0v) is 18.4. The van der Waals surface area contributed by atoms with Gasteiger partial charge in [0.25, 0.3) is 0 Å². The summed E-state index contributed by atoms with van der Waals surface area (Å²) in [5, 5.41) is 10.2. The molecule has 0 unspecified atom stereocenters. The van der Waals surface area contributed by atoms with Crippen molar-refractivity contribution in [3.8, 4) is 11.1 Å². The van der Waals surface area contributed by atoms with Crippen LogP contribution in [0.4, 0.5) is 0 Å². The van der Waals surface area contributed by atoms with Gasteiger partial charge in [0.05, 0.1) is 6.61 Å². The van der Waals surface area contributed by atoms with Gasteiger partial charge < -0.3 is 14.7 Å². The van der Waals surface area contributed by atoms with Gasteiger partial charge in [-0.15, -0.1) is 0 Å². The molecular formula is C26H35N3O2. The Hall–Kier alpha value is -1.79. The predicted octanol–water partition coefficient (Wildman–Crippen LogP) is 3.40. The van der Waals surface area contributed by atoms with Gasteiger partial charge in [0, 0.05) is 56.7 Å². The molecule has 0 bridgehead atoms. The average Bonchev–Trinajstić information content (AvgIpc) is 2.81. The smallest absolute Gasteiger partial charge is 0.0593 e. The lowest BCUT2D eigenvalue weighted by molar-refractivity contribution is -0.0677. The Bertz CT molecular complexity index is 822. The van der Waals surface area contributed by atoms with Crippen LogP contribution in [-0.4, -0.2) is 78.0 Å². The van der Waals surface area contributed by atoms with Crippen LogP contribution in [0.2, 0.25) is 0 Å². The number of fused-ring (bicyclic) bond motifs is 1. The molecule has 0 radical (unpaired) electrons. The van der Waals surface area contributed by atoms with Crippen LogP contribution >= 0.6 is 0 Å². The second-order valence-corrected chi connectivity index (χ2v) is 9.47. The number of benzene rings is 1. The monoisotopic (exact) mass is 421 g/mol. The number of aliphatic hydroxyl groups excluding tert-OH is 1. The number of nitrogens with zero attached hydrogens (tertiary/aromatic N) is 3. The lowest BCUT2D eigenvalue weighted by atomic mass is 9.74. The van der Waals surface area contributed by atoms with Crippen molar-refractivity contribution in [1.82, 2.24) is 14.8 Å². The van der Waals surface area contributed by atoms with E-state index in [-0.39, 0.29) is 12.6 Å². The van der Waals surface area contributed by atoms with Crippen molar-refractivity contribution in [2.45, 2.75) is 43.7 Å². The van der Waals surface area contributed by atoms with Crippen LogP contribution in [0, 0.1) is 5.92 Å². The standard InChI is InChI=1S/C26H35N3O2/c30-19-25-26(22-7-5-21(6-8-22)23-4-3-11-27-16-23)24-18-28(12-1-2-13-29(24)25)17-20-9-14-31-15-10-20/h3-8,11,16,20,24-26,30H,1-2,9-10,12-15,17-19H2/t24-,25-,26+/m1/s1. The number of pyridine rings is 1. The van der Waals surface area contributed by atoms with Gasteiger partial charge in [0.2, 0.25) is 0 Å². The first-order valence-electron chi connectivity index (χ1n) is 12.0. The van der Waals surface area contributed by atoms with E-state index in [1.807, 2.05) is 18.5 Å². The number of hydrogen-bond acceptors (Lipinski definition) is 5. The van der Waals surface area contributed by atoms with Crippen molar-refractivity contribution < 1.29 is 9.84 Å². The first kappa shape index (κ1) is 21.1. The SMILES string of the molecule is OC[C@@H]1[C@@H](c2ccc(-c3cccnc3)cc2)[C@H]2CN(CC3CCOCC3)CCCCN12. The molecule has 0 spiro atoms. The minimum atomic E-state index is 0.242. The molecule has 0 amide bonds. The zero-order valence-electron chi connectivity index (χ0n) is 18.4. The molecule has 5 nitrogen and oxygen atoms in total. The van der Waals surface area contributed by atoms with Gasteiger partial charge >= 0.3 is 0 Å². The van der Waals surface area contributed by atoms with Crippen LogP contribution < -0.4 is 0 Å². The Labute approximate surface area is 186 Å².